The predicted molar refractivity (Wildman–Crippen MR) is 285 cm³/mol. The Hall–Kier alpha value is -6.60. The maximum Gasteiger partial charge on any atom is 0.197 e. The molecule has 7 heteroatoms. The second kappa shape index (κ2) is 19.9. The molecule has 0 saturated heterocycles. The van der Waals surface area contributed by atoms with Crippen LogP contribution in [-0.4, -0.2) is 19.9 Å². The van der Waals surface area contributed by atoms with Gasteiger partial charge in [0.1, 0.15) is 0 Å². The highest BCUT2D eigenvalue weighted by molar-refractivity contribution is 6.14. The Morgan fingerprint density at radius 1 is 0.397 bits per heavy atom. The lowest BCUT2D eigenvalue weighted by molar-refractivity contribution is 0.103. The summed E-state index contributed by atoms with van der Waals surface area (Å²) in [7, 11) is 0. The topological polar surface area (TPSA) is 93.9 Å². The molecule has 1 aliphatic rings. The molecule has 0 fully saturated rings. The molecule has 1 N–H and O–H groups in total. The number of hydrogen-bond acceptors (Lipinski definition) is 4. The number of rotatable bonds is 14. The third-order valence-corrected chi connectivity index (χ3v) is 14.3. The highest BCUT2D eigenvalue weighted by Gasteiger charge is 2.25. The standard InChI is InChI=1S/C38H48N2O2.C23H17NO2/c1-5-7-9-11-13-15-21-39-33-19-17-27(3)23-29(33)37(41)31-26-36-32(25-35(31)39)38(42)30-24-28(4)18-20-34(30)40(36)22-16-14-12-10-8-6-2;1-12-3-5-14-9-15-10-19-21(11-17(15)22(25)16(14)7-12)24-20-6-4-13(2)8-18(20)23(19)26/h17-20,23-26H,5-16,21-22H2,1-4H3;3-8,10-11H,9H2,1-2H3,(H,24,26). The fraction of sp³-hybridized carbons (Fsp3) is 0.344. The van der Waals surface area contributed by atoms with Crippen LogP contribution in [0.25, 0.3) is 65.4 Å². The van der Waals surface area contributed by atoms with Crippen molar-refractivity contribution in [2.75, 3.05) is 0 Å². The van der Waals surface area contributed by atoms with E-state index < -0.39 is 0 Å². The molecule has 3 heterocycles. The van der Waals surface area contributed by atoms with E-state index in [1.165, 1.54) is 64.2 Å². The lowest BCUT2D eigenvalue weighted by Crippen LogP contribution is -2.16. The summed E-state index contributed by atoms with van der Waals surface area (Å²) in [6, 6.07) is 32.1. The lowest BCUT2D eigenvalue weighted by Gasteiger charge is -2.19. The molecule has 0 unspecified atom stereocenters. The van der Waals surface area contributed by atoms with Gasteiger partial charge in [-0.15, -0.1) is 0 Å². The number of nitrogens with zero attached hydrogens (tertiary/aromatic N) is 2. The SMILES string of the molecule is CCCCCCCCn1c2ccc(C)cc2c(=O)c2cc3c(cc21)c(=O)c1cc(C)ccc1n3CCCCCCCC.Cc1ccc2c(c1)C(=O)c1cc3[nH]c4ccc(C)cc4c(=O)c3cc1C2. The molecular weight excluding hydrogens is 839 g/mol. The van der Waals surface area contributed by atoms with Crippen molar-refractivity contribution < 1.29 is 4.79 Å². The van der Waals surface area contributed by atoms with Gasteiger partial charge in [-0.3, -0.25) is 19.2 Å². The van der Waals surface area contributed by atoms with Gasteiger partial charge in [0.05, 0.1) is 27.6 Å². The van der Waals surface area contributed by atoms with Crippen molar-refractivity contribution in [2.24, 2.45) is 0 Å². The van der Waals surface area contributed by atoms with Gasteiger partial charge in [0, 0.05) is 62.1 Å². The molecule has 0 saturated carbocycles. The van der Waals surface area contributed by atoms with Crippen LogP contribution < -0.4 is 16.3 Å². The summed E-state index contributed by atoms with van der Waals surface area (Å²) in [6.07, 6.45) is 15.2. The molecule has 6 aromatic carbocycles. The number of hydrogen-bond donors (Lipinski definition) is 1. The molecule has 0 radical (unpaired) electrons. The van der Waals surface area contributed by atoms with Crippen molar-refractivity contribution in [3.63, 3.8) is 0 Å². The molecular formula is C61H65N3O4. The predicted octanol–water partition coefficient (Wildman–Crippen LogP) is 14.4. The van der Waals surface area contributed by atoms with Crippen LogP contribution in [-0.2, 0) is 19.5 Å². The number of carbonyl (C=O) groups excluding carboxylic acids is 1. The first kappa shape index (κ1) is 46.5. The number of H-pyrrole nitrogens is 1. The minimum Gasteiger partial charge on any atom is -0.354 e. The Morgan fingerprint density at radius 2 is 0.824 bits per heavy atom. The van der Waals surface area contributed by atoms with E-state index in [2.05, 4.69) is 52.2 Å². The normalized spacial score (nSPS) is 12.4. The molecule has 0 aliphatic heterocycles. The number of pyridine rings is 3. The molecule has 3 aromatic heterocycles. The molecule has 348 valence electrons. The summed E-state index contributed by atoms with van der Waals surface area (Å²) >= 11 is 0. The van der Waals surface area contributed by atoms with Crippen molar-refractivity contribution in [3.05, 3.63) is 172 Å². The smallest absolute Gasteiger partial charge is 0.197 e. The van der Waals surface area contributed by atoms with E-state index in [4.69, 9.17) is 0 Å². The number of aromatic amines is 1. The van der Waals surface area contributed by atoms with Crippen LogP contribution in [0.2, 0.25) is 0 Å². The summed E-state index contributed by atoms with van der Waals surface area (Å²) in [5, 5.41) is 4.31. The van der Waals surface area contributed by atoms with Gasteiger partial charge in [-0.2, -0.15) is 0 Å². The summed E-state index contributed by atoms with van der Waals surface area (Å²) in [4.78, 5) is 57.4. The van der Waals surface area contributed by atoms with Crippen molar-refractivity contribution in [1.82, 2.24) is 14.1 Å². The number of aromatic nitrogens is 3. The van der Waals surface area contributed by atoms with E-state index in [0.29, 0.717) is 33.5 Å². The third kappa shape index (κ3) is 9.08. The Labute approximate surface area is 398 Å². The Bertz CT molecular complexity index is 3470. The summed E-state index contributed by atoms with van der Waals surface area (Å²) < 4.78 is 4.62. The van der Waals surface area contributed by atoms with Crippen molar-refractivity contribution in [2.45, 2.75) is 138 Å². The fourth-order valence-electron chi connectivity index (χ4n) is 10.6. The summed E-state index contributed by atoms with van der Waals surface area (Å²) in [5.41, 5.74) is 13.1. The van der Waals surface area contributed by atoms with Crippen molar-refractivity contribution >= 4 is 71.2 Å². The van der Waals surface area contributed by atoms with Gasteiger partial charge in [0.15, 0.2) is 22.1 Å². The minimum absolute atomic E-state index is 0.0161. The van der Waals surface area contributed by atoms with Gasteiger partial charge in [0.25, 0.3) is 0 Å². The maximum atomic E-state index is 14.0. The quantitative estimate of drug-likeness (QED) is 0.0869. The van der Waals surface area contributed by atoms with Crippen LogP contribution in [0.5, 0.6) is 0 Å². The zero-order valence-electron chi connectivity index (χ0n) is 40.9. The van der Waals surface area contributed by atoms with Crippen LogP contribution >= 0.6 is 0 Å². The first-order chi connectivity index (χ1) is 32.9. The number of ketones is 1. The average molecular weight is 904 g/mol. The average Bonchev–Trinajstić information content (AvgIpc) is 3.33. The van der Waals surface area contributed by atoms with E-state index in [9.17, 15) is 19.2 Å². The highest BCUT2D eigenvalue weighted by Crippen LogP contribution is 2.32. The van der Waals surface area contributed by atoms with Crippen LogP contribution in [0.15, 0.2) is 111 Å². The number of unbranched alkanes of at least 4 members (excludes halogenated alkanes) is 10. The number of fused-ring (bicyclic) bond motifs is 8. The van der Waals surface area contributed by atoms with Gasteiger partial charge >= 0.3 is 0 Å². The zero-order valence-corrected chi connectivity index (χ0v) is 40.9. The zero-order chi connectivity index (χ0) is 47.6. The van der Waals surface area contributed by atoms with Crippen molar-refractivity contribution in [1.29, 1.82) is 0 Å². The second-order valence-corrected chi connectivity index (χ2v) is 19.6. The summed E-state index contributed by atoms with van der Waals surface area (Å²) in [6.45, 7) is 14.2. The van der Waals surface area contributed by atoms with Crippen LogP contribution in [0, 0.1) is 27.7 Å². The lowest BCUT2D eigenvalue weighted by atomic mass is 9.83. The molecule has 0 atom stereocenters. The monoisotopic (exact) mass is 903 g/mol. The number of aryl methyl sites for hydroxylation is 6. The molecule has 10 rings (SSSR count). The van der Waals surface area contributed by atoms with Crippen LogP contribution in [0.3, 0.4) is 0 Å². The molecule has 7 nitrogen and oxygen atoms in total. The highest BCUT2D eigenvalue weighted by atomic mass is 16.1. The first-order valence-corrected chi connectivity index (χ1v) is 25.2. The minimum atomic E-state index is 0.0161. The van der Waals surface area contributed by atoms with Gasteiger partial charge in [-0.1, -0.05) is 131 Å². The molecule has 9 aromatic rings. The fourth-order valence-corrected chi connectivity index (χ4v) is 10.6. The largest absolute Gasteiger partial charge is 0.354 e. The van der Waals surface area contributed by atoms with Crippen LogP contribution in [0.1, 0.15) is 140 Å². The molecule has 68 heavy (non-hydrogen) atoms. The first-order valence-electron chi connectivity index (χ1n) is 25.2. The van der Waals surface area contributed by atoms with E-state index >= 15 is 0 Å². The van der Waals surface area contributed by atoms with Crippen molar-refractivity contribution in [3.8, 4) is 0 Å². The molecule has 1 aliphatic carbocycles. The third-order valence-electron chi connectivity index (χ3n) is 14.3. The Balaban J connectivity index is 0.000000189. The van der Waals surface area contributed by atoms with Gasteiger partial charge in [-0.25, -0.2) is 0 Å². The van der Waals surface area contributed by atoms with E-state index in [-0.39, 0.29) is 22.1 Å². The number of carbonyl (C=O) groups is 1. The number of benzene rings is 6. The van der Waals surface area contributed by atoms with Gasteiger partial charge in [-0.05, 0) is 125 Å². The van der Waals surface area contributed by atoms with E-state index in [1.807, 2.05) is 100 Å². The Kier molecular flexibility index (Phi) is 13.6. The van der Waals surface area contributed by atoms with Crippen LogP contribution in [0.4, 0.5) is 0 Å². The Morgan fingerprint density at radius 3 is 1.38 bits per heavy atom. The van der Waals surface area contributed by atoms with E-state index in [0.717, 1.165) is 109 Å². The maximum absolute atomic E-state index is 14.0. The van der Waals surface area contributed by atoms with Gasteiger partial charge < -0.3 is 14.1 Å². The second-order valence-electron chi connectivity index (χ2n) is 19.6. The van der Waals surface area contributed by atoms with E-state index in [1.54, 1.807) is 0 Å². The molecule has 0 amide bonds. The molecule has 0 spiro atoms. The number of nitrogens with one attached hydrogen (secondary N) is 1. The molecule has 0 bridgehead atoms. The summed E-state index contributed by atoms with van der Waals surface area (Å²) in [5.74, 6) is 0.0386. The van der Waals surface area contributed by atoms with Gasteiger partial charge in [0.2, 0.25) is 0 Å².